The molecule has 1 aliphatic rings. The van der Waals surface area contributed by atoms with E-state index in [4.69, 9.17) is 0 Å². The lowest BCUT2D eigenvalue weighted by Gasteiger charge is -2.33. The number of nitrogens with one attached hydrogen (secondary N) is 3. The molecule has 0 radical (unpaired) electrons. The van der Waals surface area contributed by atoms with Gasteiger partial charge in [-0.25, -0.2) is 14.8 Å². The first-order chi connectivity index (χ1) is 11.5. The average molecular weight is 331 g/mol. The third-order valence-electron chi connectivity index (χ3n) is 3.72. The molecule has 0 spiro atoms. The summed E-state index contributed by atoms with van der Waals surface area (Å²) in [5.41, 5.74) is -1.14. The van der Waals surface area contributed by atoms with Crippen LogP contribution in [-0.4, -0.2) is 64.0 Å². The van der Waals surface area contributed by atoms with E-state index in [9.17, 15) is 14.4 Å². The van der Waals surface area contributed by atoms with Crippen molar-refractivity contribution in [3.8, 4) is 0 Å². The van der Waals surface area contributed by atoms with Crippen molar-refractivity contribution in [3.05, 3.63) is 45.0 Å². The molecule has 24 heavy (non-hydrogen) atoms. The zero-order chi connectivity index (χ0) is 17.1. The fourth-order valence-corrected chi connectivity index (χ4v) is 2.40. The van der Waals surface area contributed by atoms with Crippen LogP contribution in [0.4, 0.5) is 11.6 Å². The number of piperazine rings is 1. The number of carbonyl (C=O) groups is 1. The molecule has 1 saturated heterocycles. The van der Waals surface area contributed by atoms with Gasteiger partial charge in [0.15, 0.2) is 0 Å². The Hall–Kier alpha value is -3.01. The highest BCUT2D eigenvalue weighted by Gasteiger charge is 2.17. The molecule has 3 rings (SSSR count). The monoisotopic (exact) mass is 331 g/mol. The molecule has 2 aromatic rings. The normalized spacial score (nSPS) is 15.3. The average Bonchev–Trinajstić information content (AvgIpc) is 2.54. The number of aromatic amines is 2. The minimum Gasteiger partial charge on any atom is -0.354 e. The Labute approximate surface area is 136 Å². The SMILES string of the molecule is CN1CCN(c2cc(C(=O)Nc3cc(=O)[nH]c(=O)[nH]3)ncn2)CC1. The van der Waals surface area contributed by atoms with E-state index >= 15 is 0 Å². The van der Waals surface area contributed by atoms with Gasteiger partial charge < -0.3 is 15.1 Å². The van der Waals surface area contributed by atoms with Crippen LogP contribution >= 0.6 is 0 Å². The smallest absolute Gasteiger partial charge is 0.327 e. The first-order valence-corrected chi connectivity index (χ1v) is 7.42. The third-order valence-corrected chi connectivity index (χ3v) is 3.72. The highest BCUT2D eigenvalue weighted by molar-refractivity contribution is 6.02. The highest BCUT2D eigenvalue weighted by atomic mass is 16.2. The predicted molar refractivity (Wildman–Crippen MR) is 87.4 cm³/mol. The fourth-order valence-electron chi connectivity index (χ4n) is 2.40. The molecule has 126 valence electrons. The number of amides is 1. The minimum atomic E-state index is -0.696. The molecule has 0 unspecified atom stereocenters. The Morgan fingerprint density at radius 1 is 1.12 bits per heavy atom. The van der Waals surface area contributed by atoms with Crippen LogP contribution in [0, 0.1) is 0 Å². The molecule has 0 saturated carbocycles. The van der Waals surface area contributed by atoms with Crippen LogP contribution in [0.5, 0.6) is 0 Å². The number of rotatable bonds is 3. The second-order valence-corrected chi connectivity index (χ2v) is 5.51. The number of likely N-dealkylation sites (N-methyl/N-ethyl adjacent to an activating group) is 1. The summed E-state index contributed by atoms with van der Waals surface area (Å²) in [7, 11) is 2.05. The van der Waals surface area contributed by atoms with Crippen LogP contribution < -0.4 is 21.5 Å². The molecule has 1 aliphatic heterocycles. The van der Waals surface area contributed by atoms with Gasteiger partial charge in [-0.2, -0.15) is 0 Å². The highest BCUT2D eigenvalue weighted by Crippen LogP contribution is 2.14. The predicted octanol–water partition coefficient (Wildman–Crippen LogP) is -1.14. The molecule has 3 heterocycles. The van der Waals surface area contributed by atoms with Crippen molar-refractivity contribution in [3.63, 3.8) is 0 Å². The van der Waals surface area contributed by atoms with Crippen molar-refractivity contribution in [2.24, 2.45) is 0 Å². The number of nitrogens with zero attached hydrogens (tertiary/aromatic N) is 4. The van der Waals surface area contributed by atoms with Crippen molar-refractivity contribution in [1.29, 1.82) is 0 Å². The largest absolute Gasteiger partial charge is 0.354 e. The summed E-state index contributed by atoms with van der Waals surface area (Å²) in [4.78, 5) is 51.5. The standard InChI is InChI=1S/C14H17N7O3/c1-20-2-4-21(5-3-20)11-6-9(15-8-16-11)13(23)17-10-7-12(22)19-14(24)18-10/h6-8H,2-5H2,1H3,(H3,17,18,19,22,23,24). The van der Waals surface area contributed by atoms with Gasteiger partial charge in [0, 0.05) is 38.3 Å². The van der Waals surface area contributed by atoms with Gasteiger partial charge in [0.25, 0.3) is 11.5 Å². The lowest BCUT2D eigenvalue weighted by Crippen LogP contribution is -2.44. The molecule has 0 bridgehead atoms. The lowest BCUT2D eigenvalue weighted by atomic mass is 10.3. The second kappa shape index (κ2) is 6.62. The van der Waals surface area contributed by atoms with Crippen LogP contribution in [0.3, 0.4) is 0 Å². The van der Waals surface area contributed by atoms with Gasteiger partial charge in [-0.1, -0.05) is 0 Å². The number of anilines is 2. The van der Waals surface area contributed by atoms with Crippen LogP contribution in [0.25, 0.3) is 0 Å². The Bertz CT molecular complexity index is 823. The Morgan fingerprint density at radius 3 is 2.58 bits per heavy atom. The van der Waals surface area contributed by atoms with Gasteiger partial charge >= 0.3 is 5.69 Å². The van der Waals surface area contributed by atoms with Gasteiger partial charge in [-0.15, -0.1) is 0 Å². The summed E-state index contributed by atoms with van der Waals surface area (Å²) in [5, 5.41) is 2.45. The molecule has 0 atom stereocenters. The summed E-state index contributed by atoms with van der Waals surface area (Å²) in [6.07, 6.45) is 1.32. The third kappa shape index (κ3) is 3.66. The molecule has 10 nitrogen and oxygen atoms in total. The lowest BCUT2D eigenvalue weighted by molar-refractivity contribution is 0.102. The molecule has 10 heteroatoms. The van der Waals surface area contributed by atoms with Crippen molar-refractivity contribution in [2.75, 3.05) is 43.4 Å². The summed E-state index contributed by atoms with van der Waals surface area (Å²) < 4.78 is 0. The van der Waals surface area contributed by atoms with Gasteiger partial charge in [0.1, 0.15) is 23.7 Å². The van der Waals surface area contributed by atoms with Crippen molar-refractivity contribution < 1.29 is 4.79 Å². The number of hydrogen-bond acceptors (Lipinski definition) is 7. The van der Waals surface area contributed by atoms with Gasteiger partial charge in [0.05, 0.1) is 0 Å². The Balaban J connectivity index is 1.76. The maximum atomic E-state index is 12.3. The number of carbonyl (C=O) groups excluding carboxylic acids is 1. The molecule has 0 aromatic carbocycles. The van der Waals surface area contributed by atoms with Gasteiger partial charge in [-0.05, 0) is 7.05 Å². The minimum absolute atomic E-state index is 0.00788. The Kier molecular flexibility index (Phi) is 4.38. The molecule has 3 N–H and O–H groups in total. The number of hydrogen-bond donors (Lipinski definition) is 3. The molecule has 0 aliphatic carbocycles. The zero-order valence-electron chi connectivity index (χ0n) is 13.1. The summed E-state index contributed by atoms with van der Waals surface area (Å²) in [5.74, 6) is 0.144. The second-order valence-electron chi connectivity index (χ2n) is 5.51. The van der Waals surface area contributed by atoms with E-state index in [0.717, 1.165) is 32.2 Å². The molecule has 1 fully saturated rings. The topological polar surface area (TPSA) is 127 Å². The maximum absolute atomic E-state index is 12.3. The fraction of sp³-hybridized carbons (Fsp3) is 0.357. The van der Waals surface area contributed by atoms with E-state index in [-0.39, 0.29) is 11.5 Å². The van der Waals surface area contributed by atoms with Crippen LogP contribution in [0.2, 0.25) is 0 Å². The van der Waals surface area contributed by atoms with E-state index in [0.29, 0.717) is 5.82 Å². The van der Waals surface area contributed by atoms with Crippen molar-refractivity contribution >= 4 is 17.5 Å². The molecule has 1 amide bonds. The van der Waals surface area contributed by atoms with Crippen molar-refractivity contribution in [1.82, 2.24) is 24.8 Å². The number of aromatic nitrogens is 4. The van der Waals surface area contributed by atoms with E-state index in [1.54, 1.807) is 6.07 Å². The Morgan fingerprint density at radius 2 is 1.88 bits per heavy atom. The van der Waals surface area contributed by atoms with Gasteiger partial charge in [0.2, 0.25) is 0 Å². The van der Waals surface area contributed by atoms with E-state index in [2.05, 4.69) is 37.1 Å². The molecule has 2 aromatic heterocycles. The molecular formula is C14H17N7O3. The number of H-pyrrole nitrogens is 2. The van der Waals surface area contributed by atoms with Crippen LogP contribution in [-0.2, 0) is 0 Å². The maximum Gasteiger partial charge on any atom is 0.327 e. The van der Waals surface area contributed by atoms with E-state index in [1.165, 1.54) is 6.33 Å². The van der Waals surface area contributed by atoms with E-state index < -0.39 is 17.2 Å². The zero-order valence-corrected chi connectivity index (χ0v) is 13.1. The van der Waals surface area contributed by atoms with Gasteiger partial charge in [-0.3, -0.25) is 19.6 Å². The summed E-state index contributed by atoms with van der Waals surface area (Å²) in [6.45, 7) is 3.46. The summed E-state index contributed by atoms with van der Waals surface area (Å²) >= 11 is 0. The first kappa shape index (κ1) is 15.9. The van der Waals surface area contributed by atoms with Crippen LogP contribution in [0.1, 0.15) is 10.5 Å². The van der Waals surface area contributed by atoms with Crippen molar-refractivity contribution in [2.45, 2.75) is 0 Å². The first-order valence-electron chi connectivity index (χ1n) is 7.42. The van der Waals surface area contributed by atoms with Crippen LogP contribution in [0.15, 0.2) is 28.0 Å². The van der Waals surface area contributed by atoms with E-state index in [1.807, 2.05) is 4.98 Å². The molecular weight excluding hydrogens is 314 g/mol. The quantitative estimate of drug-likeness (QED) is 0.648. The summed E-state index contributed by atoms with van der Waals surface area (Å²) in [6, 6.07) is 2.67.